The van der Waals surface area contributed by atoms with Crippen LogP contribution in [-0.2, 0) is 9.53 Å². The summed E-state index contributed by atoms with van der Waals surface area (Å²) >= 11 is 7.31. The highest BCUT2D eigenvalue weighted by Crippen LogP contribution is 2.28. The van der Waals surface area contributed by atoms with Crippen molar-refractivity contribution in [1.29, 1.82) is 0 Å². The van der Waals surface area contributed by atoms with E-state index in [1.807, 2.05) is 12.1 Å². The molecule has 0 aliphatic heterocycles. The maximum Gasteiger partial charge on any atom is 0.321 e. The minimum atomic E-state index is -0.287. The molecule has 0 radical (unpaired) electrons. The monoisotopic (exact) mass is 369 g/mol. The van der Waals surface area contributed by atoms with Crippen LogP contribution in [0.25, 0.3) is 10.2 Å². The van der Waals surface area contributed by atoms with Gasteiger partial charge in [0.2, 0.25) is 0 Å². The molecule has 0 unspecified atom stereocenters. The Hall–Kier alpha value is -1.86. The molecule has 1 aromatic carbocycles. The molecule has 2 aromatic rings. The van der Waals surface area contributed by atoms with Crippen molar-refractivity contribution in [2.24, 2.45) is 0 Å². The van der Waals surface area contributed by atoms with Crippen LogP contribution in [0.3, 0.4) is 0 Å². The van der Waals surface area contributed by atoms with E-state index in [0.29, 0.717) is 29.7 Å². The van der Waals surface area contributed by atoms with E-state index in [1.165, 1.54) is 11.3 Å². The third kappa shape index (κ3) is 5.98. The Bertz CT molecular complexity index is 705. The standard InChI is InChI=1S/C16H20ClN3O3S/c1-2-23-14(21)6-4-3-5-9-18-15(22)20-16-19-12-8-7-11(17)10-13(12)24-16/h7-8,10H,2-6,9H2,1H3,(H2,18,19,20,22). The van der Waals surface area contributed by atoms with Crippen LogP contribution >= 0.6 is 22.9 Å². The highest BCUT2D eigenvalue weighted by molar-refractivity contribution is 7.22. The Kier molecular flexibility index (Phi) is 7.27. The number of ether oxygens (including phenoxy) is 1. The normalized spacial score (nSPS) is 10.6. The molecule has 2 N–H and O–H groups in total. The van der Waals surface area contributed by atoms with Crippen molar-refractivity contribution in [2.75, 3.05) is 18.5 Å². The van der Waals surface area contributed by atoms with Gasteiger partial charge in [0.1, 0.15) is 0 Å². The Labute approximate surface area is 149 Å². The zero-order chi connectivity index (χ0) is 17.4. The smallest absolute Gasteiger partial charge is 0.321 e. The first-order chi connectivity index (χ1) is 11.6. The SMILES string of the molecule is CCOC(=O)CCCCCNC(=O)Nc1nc2ccc(Cl)cc2s1. The van der Waals surface area contributed by atoms with Gasteiger partial charge in [-0.05, 0) is 38.0 Å². The van der Waals surface area contributed by atoms with Crippen molar-refractivity contribution in [3.63, 3.8) is 0 Å². The van der Waals surface area contributed by atoms with Gasteiger partial charge in [-0.25, -0.2) is 9.78 Å². The fraction of sp³-hybridized carbons (Fsp3) is 0.438. The van der Waals surface area contributed by atoms with Gasteiger partial charge in [0.25, 0.3) is 0 Å². The molecule has 0 bridgehead atoms. The van der Waals surface area contributed by atoms with Crippen LogP contribution in [0, 0.1) is 0 Å². The molecular weight excluding hydrogens is 350 g/mol. The number of unbranched alkanes of at least 4 members (excludes halogenated alkanes) is 2. The van der Waals surface area contributed by atoms with Crippen LogP contribution in [0.5, 0.6) is 0 Å². The minimum absolute atomic E-state index is 0.167. The first kappa shape index (κ1) is 18.5. The minimum Gasteiger partial charge on any atom is -0.466 e. The molecule has 0 saturated heterocycles. The average molecular weight is 370 g/mol. The number of rotatable bonds is 8. The number of thiazole rings is 1. The molecule has 1 aromatic heterocycles. The van der Waals surface area contributed by atoms with Crippen LogP contribution in [-0.4, -0.2) is 30.1 Å². The Morgan fingerprint density at radius 2 is 2.12 bits per heavy atom. The number of aromatic nitrogens is 1. The van der Waals surface area contributed by atoms with Gasteiger partial charge < -0.3 is 10.1 Å². The number of halogens is 1. The molecule has 0 aliphatic rings. The Balaban J connectivity index is 1.65. The fourth-order valence-corrected chi connectivity index (χ4v) is 3.24. The number of hydrogen-bond donors (Lipinski definition) is 2. The third-order valence-electron chi connectivity index (χ3n) is 3.22. The molecule has 1 heterocycles. The fourth-order valence-electron chi connectivity index (χ4n) is 2.10. The largest absolute Gasteiger partial charge is 0.466 e. The van der Waals surface area contributed by atoms with Crippen molar-refractivity contribution in [3.8, 4) is 0 Å². The second-order valence-electron chi connectivity index (χ2n) is 5.13. The molecule has 2 rings (SSSR count). The van der Waals surface area contributed by atoms with Gasteiger partial charge in [-0.1, -0.05) is 29.4 Å². The van der Waals surface area contributed by atoms with Crippen molar-refractivity contribution in [3.05, 3.63) is 23.2 Å². The van der Waals surface area contributed by atoms with E-state index in [2.05, 4.69) is 15.6 Å². The molecule has 0 fully saturated rings. The number of nitrogens with one attached hydrogen (secondary N) is 2. The van der Waals surface area contributed by atoms with E-state index in [1.54, 1.807) is 13.0 Å². The van der Waals surface area contributed by atoms with Gasteiger partial charge in [-0.15, -0.1) is 0 Å². The van der Waals surface area contributed by atoms with Crippen molar-refractivity contribution in [2.45, 2.75) is 32.6 Å². The molecule has 24 heavy (non-hydrogen) atoms. The van der Waals surface area contributed by atoms with E-state index in [9.17, 15) is 9.59 Å². The van der Waals surface area contributed by atoms with Crippen LogP contribution in [0.15, 0.2) is 18.2 Å². The topological polar surface area (TPSA) is 80.3 Å². The number of anilines is 1. The number of fused-ring (bicyclic) bond motifs is 1. The Morgan fingerprint density at radius 3 is 2.92 bits per heavy atom. The van der Waals surface area contributed by atoms with E-state index >= 15 is 0 Å². The van der Waals surface area contributed by atoms with E-state index in [0.717, 1.165) is 29.5 Å². The van der Waals surface area contributed by atoms with Crippen LogP contribution in [0.2, 0.25) is 5.02 Å². The van der Waals surface area contributed by atoms with Gasteiger partial charge in [-0.2, -0.15) is 0 Å². The molecule has 2 amide bonds. The number of benzene rings is 1. The predicted octanol–water partition coefficient (Wildman–Crippen LogP) is 4.19. The second-order valence-corrected chi connectivity index (χ2v) is 6.59. The average Bonchev–Trinajstić information content (AvgIpc) is 2.92. The second kappa shape index (κ2) is 9.44. The van der Waals surface area contributed by atoms with E-state index in [-0.39, 0.29) is 12.0 Å². The maximum absolute atomic E-state index is 11.8. The highest BCUT2D eigenvalue weighted by atomic mass is 35.5. The first-order valence-electron chi connectivity index (χ1n) is 7.85. The predicted molar refractivity (Wildman–Crippen MR) is 96.8 cm³/mol. The number of amides is 2. The number of carbonyl (C=O) groups excluding carboxylic acids is 2. The zero-order valence-corrected chi connectivity index (χ0v) is 15.0. The molecule has 8 heteroatoms. The number of hydrogen-bond acceptors (Lipinski definition) is 5. The lowest BCUT2D eigenvalue weighted by molar-refractivity contribution is -0.143. The summed E-state index contributed by atoms with van der Waals surface area (Å²) in [7, 11) is 0. The highest BCUT2D eigenvalue weighted by Gasteiger charge is 2.07. The van der Waals surface area contributed by atoms with E-state index < -0.39 is 0 Å². The van der Waals surface area contributed by atoms with Crippen LogP contribution < -0.4 is 10.6 Å². The van der Waals surface area contributed by atoms with Gasteiger partial charge in [0, 0.05) is 18.0 Å². The summed E-state index contributed by atoms with van der Waals surface area (Å²) in [5.74, 6) is -0.167. The number of esters is 1. The summed E-state index contributed by atoms with van der Waals surface area (Å²) in [6.07, 6.45) is 2.86. The number of nitrogens with zero attached hydrogens (tertiary/aromatic N) is 1. The lowest BCUT2D eigenvalue weighted by atomic mass is 10.2. The van der Waals surface area contributed by atoms with Crippen LogP contribution in [0.1, 0.15) is 32.6 Å². The zero-order valence-electron chi connectivity index (χ0n) is 13.4. The van der Waals surface area contributed by atoms with Crippen molar-refractivity contribution >= 4 is 50.3 Å². The summed E-state index contributed by atoms with van der Waals surface area (Å²) in [6, 6.07) is 5.12. The lowest BCUT2D eigenvalue weighted by Crippen LogP contribution is -2.29. The quantitative estimate of drug-likeness (QED) is 0.540. The lowest BCUT2D eigenvalue weighted by Gasteiger charge is -2.05. The summed E-state index contributed by atoms with van der Waals surface area (Å²) < 4.78 is 5.78. The number of urea groups is 1. The van der Waals surface area contributed by atoms with Crippen LogP contribution in [0.4, 0.5) is 9.93 Å². The molecular formula is C16H20ClN3O3S. The van der Waals surface area contributed by atoms with Crippen molar-refractivity contribution in [1.82, 2.24) is 10.3 Å². The molecule has 130 valence electrons. The number of carbonyl (C=O) groups is 2. The maximum atomic E-state index is 11.8. The Morgan fingerprint density at radius 1 is 1.29 bits per heavy atom. The molecule has 0 atom stereocenters. The van der Waals surface area contributed by atoms with E-state index in [4.69, 9.17) is 16.3 Å². The van der Waals surface area contributed by atoms with Gasteiger partial charge in [-0.3, -0.25) is 10.1 Å². The summed E-state index contributed by atoms with van der Waals surface area (Å²) in [4.78, 5) is 27.3. The summed E-state index contributed by atoms with van der Waals surface area (Å²) in [5, 5.41) is 6.67. The third-order valence-corrected chi connectivity index (χ3v) is 4.39. The molecule has 6 nitrogen and oxygen atoms in total. The van der Waals surface area contributed by atoms with Crippen molar-refractivity contribution < 1.29 is 14.3 Å². The molecule has 0 saturated carbocycles. The molecule has 0 spiro atoms. The summed E-state index contributed by atoms with van der Waals surface area (Å²) in [5.41, 5.74) is 0.804. The van der Waals surface area contributed by atoms with Gasteiger partial charge in [0.15, 0.2) is 5.13 Å². The molecule has 0 aliphatic carbocycles. The van der Waals surface area contributed by atoms with Gasteiger partial charge in [0.05, 0.1) is 16.8 Å². The first-order valence-corrected chi connectivity index (χ1v) is 9.04. The van der Waals surface area contributed by atoms with Gasteiger partial charge >= 0.3 is 12.0 Å². The summed E-state index contributed by atoms with van der Waals surface area (Å²) in [6.45, 7) is 2.75.